The number of aromatic nitrogens is 4. The number of fused-ring (bicyclic) bond motifs is 1. The zero-order valence-corrected chi connectivity index (χ0v) is 9.56. The highest BCUT2D eigenvalue weighted by atomic mass is 15.3. The van der Waals surface area contributed by atoms with Crippen LogP contribution in [0.3, 0.4) is 0 Å². The van der Waals surface area contributed by atoms with Crippen LogP contribution in [0.25, 0.3) is 5.65 Å². The van der Waals surface area contributed by atoms with Crippen LogP contribution in [0.4, 0.5) is 0 Å². The van der Waals surface area contributed by atoms with E-state index in [1.54, 1.807) is 0 Å². The Labute approximate surface area is 93.9 Å². The fourth-order valence-corrected chi connectivity index (χ4v) is 2.31. The second-order valence-electron chi connectivity index (χ2n) is 4.77. The Morgan fingerprint density at radius 2 is 2.31 bits per heavy atom. The van der Waals surface area contributed by atoms with Gasteiger partial charge in [-0.25, -0.2) is 4.98 Å². The predicted molar refractivity (Wildman–Crippen MR) is 60.4 cm³/mol. The number of hydrogen-bond donors (Lipinski definition) is 1. The van der Waals surface area contributed by atoms with Crippen molar-refractivity contribution in [2.75, 3.05) is 13.1 Å². The highest BCUT2D eigenvalue weighted by Gasteiger charge is 2.34. The van der Waals surface area contributed by atoms with Gasteiger partial charge in [-0.05, 0) is 19.9 Å². The Bertz CT molecular complexity index is 524. The summed E-state index contributed by atoms with van der Waals surface area (Å²) in [6.45, 7) is 6.20. The Morgan fingerprint density at radius 3 is 3.06 bits per heavy atom. The van der Waals surface area contributed by atoms with Crippen molar-refractivity contribution in [3.63, 3.8) is 0 Å². The lowest BCUT2D eigenvalue weighted by molar-refractivity contribution is 0.483. The Morgan fingerprint density at radius 1 is 1.44 bits per heavy atom. The predicted octanol–water partition coefficient (Wildman–Crippen LogP) is 0.684. The van der Waals surface area contributed by atoms with Crippen LogP contribution in [0, 0.1) is 6.92 Å². The molecule has 1 unspecified atom stereocenters. The first-order valence-corrected chi connectivity index (χ1v) is 5.58. The van der Waals surface area contributed by atoms with E-state index >= 15 is 0 Å². The maximum absolute atomic E-state index is 4.32. The van der Waals surface area contributed by atoms with Crippen LogP contribution in [0.15, 0.2) is 12.4 Å². The minimum Gasteiger partial charge on any atom is -0.316 e. The average molecular weight is 217 g/mol. The first kappa shape index (κ1) is 9.72. The number of aryl methyl sites for hydroxylation is 1. The van der Waals surface area contributed by atoms with Crippen molar-refractivity contribution in [1.29, 1.82) is 0 Å². The van der Waals surface area contributed by atoms with Crippen molar-refractivity contribution in [2.45, 2.75) is 25.7 Å². The van der Waals surface area contributed by atoms with Crippen LogP contribution in [0.1, 0.15) is 24.9 Å². The standard InChI is InChI=1S/C11H15N5/c1-8-5-9-14-15-10(16(9)7-13-8)11(2)3-4-12-6-11/h5,7,12H,3-4,6H2,1-2H3. The molecule has 5 heteroatoms. The largest absolute Gasteiger partial charge is 0.316 e. The minimum atomic E-state index is 0.0797. The number of nitrogens with one attached hydrogen (secondary N) is 1. The zero-order valence-electron chi connectivity index (χ0n) is 9.56. The molecule has 1 fully saturated rings. The van der Waals surface area contributed by atoms with Gasteiger partial charge in [0, 0.05) is 23.7 Å². The lowest BCUT2D eigenvalue weighted by atomic mass is 9.89. The van der Waals surface area contributed by atoms with E-state index in [2.05, 4.69) is 27.4 Å². The van der Waals surface area contributed by atoms with Gasteiger partial charge in [-0.2, -0.15) is 0 Å². The molecule has 1 N–H and O–H groups in total. The molecule has 0 radical (unpaired) electrons. The Hall–Kier alpha value is -1.49. The van der Waals surface area contributed by atoms with E-state index in [0.29, 0.717) is 0 Å². The maximum Gasteiger partial charge on any atom is 0.163 e. The summed E-state index contributed by atoms with van der Waals surface area (Å²) in [4.78, 5) is 4.31. The van der Waals surface area contributed by atoms with Gasteiger partial charge in [0.15, 0.2) is 5.65 Å². The smallest absolute Gasteiger partial charge is 0.163 e. The topological polar surface area (TPSA) is 55.1 Å². The van der Waals surface area contributed by atoms with E-state index < -0.39 is 0 Å². The van der Waals surface area contributed by atoms with Gasteiger partial charge >= 0.3 is 0 Å². The van der Waals surface area contributed by atoms with Crippen molar-refractivity contribution < 1.29 is 0 Å². The molecule has 0 aromatic carbocycles. The molecule has 84 valence electrons. The zero-order chi connectivity index (χ0) is 11.2. The Balaban J connectivity index is 2.17. The molecule has 16 heavy (non-hydrogen) atoms. The molecule has 0 amide bonds. The average Bonchev–Trinajstić information content (AvgIpc) is 2.84. The van der Waals surface area contributed by atoms with Crippen LogP contribution in [-0.2, 0) is 5.41 Å². The summed E-state index contributed by atoms with van der Waals surface area (Å²) in [7, 11) is 0. The molecule has 1 saturated heterocycles. The van der Waals surface area contributed by atoms with E-state index in [1.807, 2.05) is 23.7 Å². The van der Waals surface area contributed by atoms with Gasteiger partial charge in [0.05, 0.1) is 0 Å². The van der Waals surface area contributed by atoms with Gasteiger partial charge < -0.3 is 5.32 Å². The molecule has 2 aromatic rings. The Kier molecular flexibility index (Phi) is 1.97. The van der Waals surface area contributed by atoms with Crippen LogP contribution < -0.4 is 5.32 Å². The number of nitrogens with zero attached hydrogens (tertiary/aromatic N) is 4. The molecule has 1 aliphatic rings. The second kappa shape index (κ2) is 3.25. The van der Waals surface area contributed by atoms with E-state index in [9.17, 15) is 0 Å². The molecular formula is C11H15N5. The van der Waals surface area contributed by atoms with Crippen molar-refractivity contribution in [2.24, 2.45) is 0 Å². The number of rotatable bonds is 1. The summed E-state index contributed by atoms with van der Waals surface area (Å²) >= 11 is 0. The third-order valence-electron chi connectivity index (χ3n) is 3.35. The van der Waals surface area contributed by atoms with Crippen molar-refractivity contribution >= 4 is 5.65 Å². The summed E-state index contributed by atoms with van der Waals surface area (Å²) < 4.78 is 2.00. The normalized spacial score (nSPS) is 25.4. The molecule has 3 heterocycles. The monoisotopic (exact) mass is 217 g/mol. The molecule has 2 aromatic heterocycles. The summed E-state index contributed by atoms with van der Waals surface area (Å²) in [5.41, 5.74) is 1.94. The van der Waals surface area contributed by atoms with Crippen LogP contribution in [-0.4, -0.2) is 32.7 Å². The van der Waals surface area contributed by atoms with Gasteiger partial charge in [-0.3, -0.25) is 4.40 Å². The summed E-state index contributed by atoms with van der Waals surface area (Å²) in [5.74, 6) is 1.01. The molecule has 1 aliphatic heterocycles. The fourth-order valence-electron chi connectivity index (χ4n) is 2.31. The number of hydrogen-bond acceptors (Lipinski definition) is 4. The minimum absolute atomic E-state index is 0.0797. The molecule has 0 aliphatic carbocycles. The third kappa shape index (κ3) is 1.31. The summed E-state index contributed by atoms with van der Waals surface area (Å²) in [5, 5.41) is 11.9. The van der Waals surface area contributed by atoms with E-state index in [-0.39, 0.29) is 5.41 Å². The highest BCUT2D eigenvalue weighted by molar-refractivity contribution is 5.39. The lowest BCUT2D eigenvalue weighted by Gasteiger charge is -2.19. The summed E-state index contributed by atoms with van der Waals surface area (Å²) in [6.07, 6.45) is 2.92. The van der Waals surface area contributed by atoms with E-state index in [1.165, 1.54) is 0 Å². The maximum atomic E-state index is 4.32. The van der Waals surface area contributed by atoms with Gasteiger partial charge in [-0.1, -0.05) is 6.92 Å². The second-order valence-corrected chi connectivity index (χ2v) is 4.77. The lowest BCUT2D eigenvalue weighted by Crippen LogP contribution is -2.27. The fraction of sp³-hybridized carbons (Fsp3) is 0.545. The molecule has 3 rings (SSSR count). The van der Waals surface area contributed by atoms with Crippen molar-refractivity contribution in [3.8, 4) is 0 Å². The van der Waals surface area contributed by atoms with Crippen LogP contribution in [0.5, 0.6) is 0 Å². The third-order valence-corrected chi connectivity index (χ3v) is 3.35. The van der Waals surface area contributed by atoms with Crippen molar-refractivity contribution in [1.82, 2.24) is 24.9 Å². The summed E-state index contributed by atoms with van der Waals surface area (Å²) in [6, 6.07) is 1.96. The SMILES string of the molecule is Cc1cc2nnc(C3(C)CCNC3)n2cn1. The first-order valence-electron chi connectivity index (χ1n) is 5.58. The first-order chi connectivity index (χ1) is 7.69. The molecule has 5 nitrogen and oxygen atoms in total. The molecule has 1 atom stereocenters. The van der Waals surface area contributed by atoms with E-state index in [0.717, 1.165) is 36.7 Å². The molecule has 0 spiro atoms. The van der Waals surface area contributed by atoms with Gasteiger partial charge in [0.25, 0.3) is 0 Å². The molecular weight excluding hydrogens is 202 g/mol. The van der Waals surface area contributed by atoms with E-state index in [4.69, 9.17) is 0 Å². The van der Waals surface area contributed by atoms with Gasteiger partial charge in [-0.15, -0.1) is 10.2 Å². The molecule has 0 saturated carbocycles. The molecule has 0 bridgehead atoms. The quantitative estimate of drug-likeness (QED) is 0.763. The van der Waals surface area contributed by atoms with Crippen molar-refractivity contribution in [3.05, 3.63) is 23.9 Å². The van der Waals surface area contributed by atoms with Gasteiger partial charge in [0.2, 0.25) is 0 Å². The highest BCUT2D eigenvalue weighted by Crippen LogP contribution is 2.28. The van der Waals surface area contributed by atoms with Gasteiger partial charge in [0.1, 0.15) is 12.2 Å². The van der Waals surface area contributed by atoms with Crippen LogP contribution >= 0.6 is 0 Å². The van der Waals surface area contributed by atoms with Crippen LogP contribution in [0.2, 0.25) is 0 Å².